The fraction of sp³-hybridized carbons (Fsp3) is 0.286. The number of benzene rings is 1. The van der Waals surface area contributed by atoms with Crippen molar-refractivity contribution in [3.05, 3.63) is 54.4 Å². The van der Waals surface area contributed by atoms with Crippen LogP contribution in [0.15, 0.2) is 53.7 Å². The van der Waals surface area contributed by atoms with Crippen LogP contribution >= 0.6 is 0 Å². The molecular formula is C14H18N2O2S. The molecule has 1 N–H and O–H groups in total. The number of nitrogens with zero attached hydrogens (tertiary/aromatic N) is 1. The molecule has 2 rings (SSSR count). The van der Waals surface area contributed by atoms with Gasteiger partial charge in [0.2, 0.25) is 10.0 Å². The Bertz CT molecular complexity index is 619. The first-order valence-electron chi connectivity index (χ1n) is 6.25. The molecule has 0 amide bonds. The molecule has 0 atom stereocenters. The lowest BCUT2D eigenvalue weighted by Crippen LogP contribution is -2.25. The van der Waals surface area contributed by atoms with Crippen LogP contribution in [0.1, 0.15) is 12.0 Å². The van der Waals surface area contributed by atoms with Gasteiger partial charge in [0.05, 0.1) is 4.90 Å². The number of nitrogens with one attached hydrogen (secondary N) is 1. The number of sulfonamides is 1. The van der Waals surface area contributed by atoms with Crippen molar-refractivity contribution in [2.24, 2.45) is 0 Å². The minimum Gasteiger partial charge on any atom is -0.354 e. The Hall–Kier alpha value is -1.59. The van der Waals surface area contributed by atoms with E-state index in [0.29, 0.717) is 11.4 Å². The second-order valence-corrected chi connectivity index (χ2v) is 6.26. The van der Waals surface area contributed by atoms with Crippen molar-refractivity contribution in [3.63, 3.8) is 0 Å². The number of hydrogen-bond donors (Lipinski definition) is 1. The van der Waals surface area contributed by atoms with E-state index >= 15 is 0 Å². The molecule has 0 bridgehead atoms. The van der Waals surface area contributed by atoms with Gasteiger partial charge in [-0.25, -0.2) is 13.1 Å². The molecule has 0 spiro atoms. The molecule has 19 heavy (non-hydrogen) atoms. The molecule has 0 aliphatic heterocycles. The molecule has 1 aromatic carbocycles. The predicted octanol–water partition coefficient (Wildman–Crippen LogP) is 2.17. The molecule has 1 heterocycles. The molecule has 0 saturated carbocycles. The topological polar surface area (TPSA) is 51.1 Å². The van der Waals surface area contributed by atoms with Gasteiger partial charge in [0.1, 0.15) is 0 Å². The third-order valence-corrected chi connectivity index (χ3v) is 4.31. The van der Waals surface area contributed by atoms with E-state index in [1.807, 2.05) is 42.1 Å². The van der Waals surface area contributed by atoms with Crippen LogP contribution in [0.5, 0.6) is 0 Å². The molecule has 0 unspecified atom stereocenters. The van der Waals surface area contributed by atoms with Gasteiger partial charge >= 0.3 is 0 Å². The van der Waals surface area contributed by atoms with Gasteiger partial charge in [-0.2, -0.15) is 0 Å². The van der Waals surface area contributed by atoms with Crippen molar-refractivity contribution < 1.29 is 8.42 Å². The first kappa shape index (κ1) is 13.8. The zero-order chi connectivity index (χ0) is 13.7. The Labute approximate surface area is 114 Å². The summed E-state index contributed by atoms with van der Waals surface area (Å²) in [4.78, 5) is 0.327. The van der Waals surface area contributed by atoms with Crippen LogP contribution < -0.4 is 4.72 Å². The van der Waals surface area contributed by atoms with Gasteiger partial charge in [0, 0.05) is 25.5 Å². The highest BCUT2D eigenvalue weighted by molar-refractivity contribution is 7.89. The maximum absolute atomic E-state index is 12.0. The van der Waals surface area contributed by atoms with Gasteiger partial charge in [-0.3, -0.25) is 0 Å². The van der Waals surface area contributed by atoms with E-state index in [9.17, 15) is 8.42 Å². The number of hydrogen-bond acceptors (Lipinski definition) is 2. The maximum Gasteiger partial charge on any atom is 0.240 e. The van der Waals surface area contributed by atoms with Gasteiger partial charge in [0.25, 0.3) is 0 Å². The second kappa shape index (κ2) is 6.04. The summed E-state index contributed by atoms with van der Waals surface area (Å²) in [5.41, 5.74) is 0.940. The molecule has 0 aliphatic rings. The third kappa shape index (κ3) is 3.94. The molecule has 0 aliphatic carbocycles. The predicted molar refractivity (Wildman–Crippen MR) is 75.4 cm³/mol. The quantitative estimate of drug-likeness (QED) is 0.823. The zero-order valence-electron chi connectivity index (χ0n) is 10.9. The Morgan fingerprint density at radius 3 is 2.58 bits per heavy atom. The summed E-state index contributed by atoms with van der Waals surface area (Å²) < 4.78 is 28.7. The van der Waals surface area contributed by atoms with Crippen LogP contribution in [0.25, 0.3) is 0 Å². The average molecular weight is 278 g/mol. The van der Waals surface area contributed by atoms with Crippen molar-refractivity contribution in [3.8, 4) is 0 Å². The summed E-state index contributed by atoms with van der Waals surface area (Å²) in [6, 6.07) is 10.8. The van der Waals surface area contributed by atoms with E-state index in [0.717, 1.165) is 18.5 Å². The third-order valence-electron chi connectivity index (χ3n) is 2.85. The lowest BCUT2D eigenvalue weighted by atomic mass is 10.2. The van der Waals surface area contributed by atoms with Crippen molar-refractivity contribution in [2.45, 2.75) is 24.8 Å². The number of aryl methyl sites for hydroxylation is 2. The first-order valence-corrected chi connectivity index (χ1v) is 7.73. The summed E-state index contributed by atoms with van der Waals surface area (Å²) in [5.74, 6) is 0. The monoisotopic (exact) mass is 278 g/mol. The highest BCUT2D eigenvalue weighted by Gasteiger charge is 2.12. The normalized spacial score (nSPS) is 11.6. The lowest BCUT2D eigenvalue weighted by Gasteiger charge is -2.08. The van der Waals surface area contributed by atoms with Crippen LogP contribution in [-0.4, -0.2) is 19.5 Å². The fourth-order valence-electron chi connectivity index (χ4n) is 1.85. The van der Waals surface area contributed by atoms with Crippen LogP contribution in [0.3, 0.4) is 0 Å². The highest BCUT2D eigenvalue weighted by atomic mass is 32.2. The smallest absolute Gasteiger partial charge is 0.240 e. The molecule has 0 radical (unpaired) electrons. The van der Waals surface area contributed by atoms with Gasteiger partial charge in [-0.1, -0.05) is 12.1 Å². The molecule has 102 valence electrons. The van der Waals surface area contributed by atoms with Gasteiger partial charge in [-0.05, 0) is 43.2 Å². The molecule has 0 fully saturated rings. The van der Waals surface area contributed by atoms with E-state index in [1.165, 1.54) is 0 Å². The minimum absolute atomic E-state index is 0.327. The highest BCUT2D eigenvalue weighted by Crippen LogP contribution is 2.10. The Morgan fingerprint density at radius 1 is 1.16 bits per heavy atom. The summed E-state index contributed by atoms with van der Waals surface area (Å²) in [5, 5.41) is 0. The van der Waals surface area contributed by atoms with Gasteiger partial charge in [-0.15, -0.1) is 0 Å². The first-order chi connectivity index (χ1) is 9.08. The molecule has 5 heteroatoms. The molecule has 0 saturated heterocycles. The molecule has 2 aromatic rings. The van der Waals surface area contributed by atoms with Crippen molar-refractivity contribution in [2.75, 3.05) is 6.54 Å². The Morgan fingerprint density at radius 2 is 1.89 bits per heavy atom. The van der Waals surface area contributed by atoms with Gasteiger partial charge < -0.3 is 4.57 Å². The van der Waals surface area contributed by atoms with E-state index in [1.54, 1.807) is 18.2 Å². The minimum atomic E-state index is -3.38. The standard InChI is InChI=1S/C14H18N2O2S/c1-13-6-4-7-14(12-13)19(17,18)15-8-5-11-16-9-2-3-10-16/h2-4,6-7,9-10,12,15H,5,8,11H2,1H3. The van der Waals surface area contributed by atoms with E-state index in [4.69, 9.17) is 0 Å². The number of rotatable bonds is 6. The summed E-state index contributed by atoms with van der Waals surface area (Å²) in [7, 11) is -3.38. The van der Waals surface area contributed by atoms with Gasteiger partial charge in [0.15, 0.2) is 0 Å². The average Bonchev–Trinajstić information content (AvgIpc) is 2.88. The van der Waals surface area contributed by atoms with E-state index in [-0.39, 0.29) is 0 Å². The summed E-state index contributed by atoms with van der Waals surface area (Å²) in [6.07, 6.45) is 4.70. The Balaban J connectivity index is 1.88. The summed E-state index contributed by atoms with van der Waals surface area (Å²) in [6.45, 7) is 3.13. The Kier molecular flexibility index (Phi) is 4.39. The van der Waals surface area contributed by atoms with Crippen LogP contribution in [0, 0.1) is 6.92 Å². The van der Waals surface area contributed by atoms with Crippen LogP contribution in [0.2, 0.25) is 0 Å². The molecular weight excluding hydrogens is 260 g/mol. The fourth-order valence-corrected chi connectivity index (χ4v) is 3.03. The zero-order valence-corrected chi connectivity index (χ0v) is 11.7. The second-order valence-electron chi connectivity index (χ2n) is 4.49. The lowest BCUT2D eigenvalue weighted by molar-refractivity contribution is 0.570. The van der Waals surface area contributed by atoms with E-state index < -0.39 is 10.0 Å². The van der Waals surface area contributed by atoms with Crippen molar-refractivity contribution in [1.82, 2.24) is 9.29 Å². The van der Waals surface area contributed by atoms with Crippen LogP contribution in [0.4, 0.5) is 0 Å². The van der Waals surface area contributed by atoms with Crippen LogP contribution in [-0.2, 0) is 16.6 Å². The van der Waals surface area contributed by atoms with Crippen molar-refractivity contribution in [1.29, 1.82) is 0 Å². The summed E-state index contributed by atoms with van der Waals surface area (Å²) >= 11 is 0. The largest absolute Gasteiger partial charge is 0.354 e. The maximum atomic E-state index is 12.0. The molecule has 1 aromatic heterocycles. The van der Waals surface area contributed by atoms with E-state index in [2.05, 4.69) is 4.72 Å². The van der Waals surface area contributed by atoms with Crippen molar-refractivity contribution >= 4 is 10.0 Å². The number of aromatic nitrogens is 1. The SMILES string of the molecule is Cc1cccc(S(=O)(=O)NCCCn2cccc2)c1. The molecule has 4 nitrogen and oxygen atoms in total.